The molecule has 3 rings (SSSR count). The quantitative estimate of drug-likeness (QED) is 0.208. The summed E-state index contributed by atoms with van der Waals surface area (Å²) < 4.78 is 27.1. The molecule has 0 saturated carbocycles. The fourth-order valence-electron chi connectivity index (χ4n) is 3.47. The average Bonchev–Trinajstić information content (AvgIpc) is 2.82. The van der Waals surface area contributed by atoms with Crippen LogP contribution >= 0.6 is 0 Å². The number of benzene rings is 1. The largest absolute Gasteiger partial charge is 0.493 e. The van der Waals surface area contributed by atoms with E-state index in [1.807, 2.05) is 0 Å². The zero-order valence-corrected chi connectivity index (χ0v) is 17.9. The topological polar surface area (TPSA) is 188 Å². The third-order valence-corrected chi connectivity index (χ3v) is 5.39. The average molecular weight is 474 g/mol. The zero-order valence-electron chi connectivity index (χ0n) is 17.9. The molecule has 1 aromatic rings. The Hall–Kier alpha value is -1.84. The fraction of sp³-hybridized carbons (Fsp3) is 0.619. The van der Waals surface area contributed by atoms with E-state index < -0.39 is 61.9 Å². The summed E-state index contributed by atoms with van der Waals surface area (Å²) in [4.78, 5) is 0. The van der Waals surface area contributed by atoms with Crippen LogP contribution in [0.1, 0.15) is 5.56 Å². The number of rotatable bonds is 8. The van der Waals surface area contributed by atoms with E-state index in [9.17, 15) is 30.6 Å². The maximum absolute atomic E-state index is 10.3. The third-order valence-electron chi connectivity index (χ3n) is 5.39. The van der Waals surface area contributed by atoms with E-state index in [0.29, 0.717) is 5.75 Å². The first-order valence-electron chi connectivity index (χ1n) is 10.4. The summed E-state index contributed by atoms with van der Waals surface area (Å²) in [6, 6.07) is 4.85. The van der Waals surface area contributed by atoms with Gasteiger partial charge >= 0.3 is 0 Å². The number of hydrogen-bond donors (Lipinski definition) is 7. The highest BCUT2D eigenvalue weighted by Crippen LogP contribution is 2.32. The number of methoxy groups -OCH3 is 1. The summed E-state index contributed by atoms with van der Waals surface area (Å²) in [6.07, 6.45) is -9.78. The Balaban J connectivity index is 1.67. The lowest BCUT2D eigenvalue weighted by atomic mass is 9.99. The van der Waals surface area contributed by atoms with Gasteiger partial charge in [0, 0.05) is 0 Å². The lowest BCUT2D eigenvalue weighted by Crippen LogP contribution is -2.61. The van der Waals surface area contributed by atoms with Crippen molar-refractivity contribution in [3.8, 4) is 11.5 Å². The second-order valence-corrected chi connectivity index (χ2v) is 7.71. The van der Waals surface area contributed by atoms with Crippen molar-refractivity contribution in [1.29, 1.82) is 0 Å². The summed E-state index contributed by atoms with van der Waals surface area (Å²) in [5.41, 5.74) is 0.721. The summed E-state index contributed by atoms with van der Waals surface area (Å²) in [7, 11) is 1.41. The van der Waals surface area contributed by atoms with Gasteiger partial charge in [-0.1, -0.05) is 18.2 Å². The van der Waals surface area contributed by atoms with E-state index in [1.165, 1.54) is 13.2 Å². The standard InChI is InChI=1S/C21H30O12/c1-29-13-7-10(3-2-6-22)4-5-12(13)32-21-19(28)17(26)16(25)14(33-21)9-31-20-18(27)15(24)11(23)8-30-20/h2-5,7,11,14-28H,6,8-9H2,1H3/b3-2+/t11-,14-,15+,16-,17+,18-,19-,20+,21-/m1/s1. The smallest absolute Gasteiger partial charge is 0.229 e. The predicted molar refractivity (Wildman–Crippen MR) is 110 cm³/mol. The van der Waals surface area contributed by atoms with Crippen molar-refractivity contribution in [2.75, 3.05) is 26.9 Å². The van der Waals surface area contributed by atoms with Crippen LogP contribution in [0, 0.1) is 0 Å². The molecule has 1 aromatic carbocycles. The van der Waals surface area contributed by atoms with Gasteiger partial charge in [0.05, 0.1) is 26.9 Å². The van der Waals surface area contributed by atoms with E-state index >= 15 is 0 Å². The molecule has 0 radical (unpaired) electrons. The molecule has 2 aliphatic heterocycles. The summed E-state index contributed by atoms with van der Waals surface area (Å²) >= 11 is 0. The minimum Gasteiger partial charge on any atom is -0.493 e. The van der Waals surface area contributed by atoms with E-state index in [1.54, 1.807) is 24.3 Å². The Morgan fingerprint density at radius 2 is 1.67 bits per heavy atom. The maximum atomic E-state index is 10.3. The van der Waals surface area contributed by atoms with Crippen molar-refractivity contribution in [3.05, 3.63) is 29.8 Å². The molecule has 0 amide bonds. The lowest BCUT2D eigenvalue weighted by Gasteiger charge is -2.41. The molecule has 9 atom stereocenters. The van der Waals surface area contributed by atoms with Crippen LogP contribution in [-0.2, 0) is 14.2 Å². The molecule has 2 heterocycles. The predicted octanol–water partition coefficient (Wildman–Crippen LogP) is -2.66. The van der Waals surface area contributed by atoms with Gasteiger partial charge in [-0.05, 0) is 17.7 Å². The van der Waals surface area contributed by atoms with Crippen molar-refractivity contribution >= 4 is 6.08 Å². The molecule has 186 valence electrons. The molecule has 0 aliphatic carbocycles. The number of aliphatic hydroxyl groups is 7. The molecular formula is C21H30O12. The van der Waals surface area contributed by atoms with Crippen molar-refractivity contribution < 1.29 is 59.4 Å². The summed E-state index contributed by atoms with van der Waals surface area (Å²) in [5.74, 6) is 0.486. The van der Waals surface area contributed by atoms with Crippen LogP contribution in [0.25, 0.3) is 6.08 Å². The summed E-state index contributed by atoms with van der Waals surface area (Å²) in [5, 5.41) is 69.0. The minimum absolute atomic E-state index is 0.130. The molecule has 0 aromatic heterocycles. The molecule has 0 bridgehead atoms. The van der Waals surface area contributed by atoms with Gasteiger partial charge in [0.15, 0.2) is 17.8 Å². The van der Waals surface area contributed by atoms with Crippen molar-refractivity contribution in [2.24, 2.45) is 0 Å². The highest BCUT2D eigenvalue weighted by molar-refractivity contribution is 5.55. The molecular weight excluding hydrogens is 444 g/mol. The lowest BCUT2D eigenvalue weighted by molar-refractivity contribution is -0.307. The Morgan fingerprint density at radius 1 is 0.939 bits per heavy atom. The molecule has 2 aliphatic rings. The van der Waals surface area contributed by atoms with E-state index in [4.69, 9.17) is 28.8 Å². The number of hydrogen-bond acceptors (Lipinski definition) is 12. The fourth-order valence-corrected chi connectivity index (χ4v) is 3.47. The van der Waals surface area contributed by atoms with Crippen LogP contribution in [0.3, 0.4) is 0 Å². The molecule has 7 N–H and O–H groups in total. The molecule has 0 spiro atoms. The van der Waals surface area contributed by atoms with Crippen LogP contribution < -0.4 is 9.47 Å². The van der Waals surface area contributed by atoms with Gasteiger partial charge in [-0.3, -0.25) is 0 Å². The second kappa shape index (κ2) is 11.5. The van der Waals surface area contributed by atoms with Gasteiger partial charge in [0.2, 0.25) is 6.29 Å². The zero-order chi connectivity index (χ0) is 24.1. The van der Waals surface area contributed by atoms with Crippen LogP contribution in [0.4, 0.5) is 0 Å². The van der Waals surface area contributed by atoms with Crippen LogP contribution in [0.15, 0.2) is 24.3 Å². The minimum atomic E-state index is -1.64. The Morgan fingerprint density at radius 3 is 2.36 bits per heavy atom. The molecule has 33 heavy (non-hydrogen) atoms. The van der Waals surface area contributed by atoms with Crippen molar-refractivity contribution in [3.63, 3.8) is 0 Å². The van der Waals surface area contributed by atoms with Crippen molar-refractivity contribution in [2.45, 2.75) is 55.3 Å². The van der Waals surface area contributed by atoms with Gasteiger partial charge < -0.3 is 59.4 Å². The van der Waals surface area contributed by atoms with Gasteiger partial charge in [-0.2, -0.15) is 0 Å². The van der Waals surface area contributed by atoms with E-state index in [0.717, 1.165) is 5.56 Å². The molecule has 2 saturated heterocycles. The number of aliphatic hydroxyl groups excluding tert-OH is 7. The Bertz CT molecular complexity index is 789. The number of ether oxygens (including phenoxy) is 5. The molecule has 12 nitrogen and oxygen atoms in total. The van der Waals surface area contributed by atoms with Gasteiger partial charge in [0.1, 0.15) is 42.7 Å². The van der Waals surface area contributed by atoms with E-state index in [-0.39, 0.29) is 19.0 Å². The molecule has 2 fully saturated rings. The Labute approximate surface area is 189 Å². The molecule has 12 heteroatoms. The van der Waals surface area contributed by atoms with Crippen LogP contribution in [-0.4, -0.2) is 118 Å². The third kappa shape index (κ3) is 6.00. The first kappa shape index (κ1) is 25.8. The normalized spacial score (nSPS) is 37.3. The highest BCUT2D eigenvalue weighted by atomic mass is 16.7. The first-order chi connectivity index (χ1) is 15.8. The van der Waals surface area contributed by atoms with E-state index in [2.05, 4.69) is 0 Å². The monoisotopic (exact) mass is 474 g/mol. The van der Waals surface area contributed by atoms with Gasteiger partial charge in [-0.25, -0.2) is 0 Å². The van der Waals surface area contributed by atoms with Crippen LogP contribution in [0.5, 0.6) is 11.5 Å². The summed E-state index contributed by atoms with van der Waals surface area (Å²) in [6.45, 7) is -0.792. The van der Waals surface area contributed by atoms with Crippen molar-refractivity contribution in [1.82, 2.24) is 0 Å². The SMILES string of the molecule is COc1cc(/C=C/CO)ccc1O[C@@H]1O[C@H](CO[C@@H]2OC[C@@H](O)[C@H](O)[C@H]2O)[C@@H](O)[C@H](O)[C@H]1O. The van der Waals surface area contributed by atoms with Gasteiger partial charge in [0.25, 0.3) is 0 Å². The second-order valence-electron chi connectivity index (χ2n) is 7.71. The Kier molecular flexibility index (Phi) is 9.01. The van der Waals surface area contributed by atoms with Crippen LogP contribution in [0.2, 0.25) is 0 Å². The van der Waals surface area contributed by atoms with Gasteiger partial charge in [-0.15, -0.1) is 0 Å². The molecule has 0 unspecified atom stereocenters. The highest BCUT2D eigenvalue weighted by Gasteiger charge is 2.46. The maximum Gasteiger partial charge on any atom is 0.229 e. The first-order valence-corrected chi connectivity index (χ1v) is 10.4.